The number of rotatable bonds is 7. The lowest BCUT2D eigenvalue weighted by molar-refractivity contribution is -0.111. The van der Waals surface area contributed by atoms with Crippen LogP contribution in [0.4, 0.5) is 11.4 Å². The van der Waals surface area contributed by atoms with Crippen LogP contribution in [0.25, 0.3) is 0 Å². The zero-order valence-electron chi connectivity index (χ0n) is 13.4. The molecule has 0 atom stereocenters. The van der Waals surface area contributed by atoms with Gasteiger partial charge >= 0.3 is 0 Å². The van der Waals surface area contributed by atoms with Crippen LogP contribution in [0.2, 0.25) is 0 Å². The number of nitrogens with one attached hydrogen (secondary N) is 2. The third-order valence-corrected chi connectivity index (χ3v) is 3.36. The molecule has 0 fully saturated rings. The number of allylic oxidation sites excluding steroid dienone is 1. The third-order valence-electron chi connectivity index (χ3n) is 3.36. The van der Waals surface area contributed by atoms with Gasteiger partial charge in [0.05, 0.1) is 11.4 Å². The Morgan fingerprint density at radius 1 is 1.00 bits per heavy atom. The van der Waals surface area contributed by atoms with E-state index in [9.17, 15) is 9.59 Å². The van der Waals surface area contributed by atoms with E-state index in [-0.39, 0.29) is 11.8 Å². The summed E-state index contributed by atoms with van der Waals surface area (Å²) in [5.41, 5.74) is 7.54. The summed E-state index contributed by atoms with van der Waals surface area (Å²) >= 11 is 0. The lowest BCUT2D eigenvalue weighted by atomic mass is 10.2. The number of anilines is 2. The van der Waals surface area contributed by atoms with Gasteiger partial charge in [0.1, 0.15) is 0 Å². The maximum atomic E-state index is 11.8. The fourth-order valence-electron chi connectivity index (χ4n) is 2.09. The largest absolute Gasteiger partial charge is 0.397 e. The van der Waals surface area contributed by atoms with E-state index in [4.69, 9.17) is 5.73 Å². The molecule has 0 bridgehead atoms. The van der Waals surface area contributed by atoms with Crippen LogP contribution in [0.5, 0.6) is 0 Å². The second-order valence-electron chi connectivity index (χ2n) is 5.24. The second kappa shape index (κ2) is 9.15. The van der Waals surface area contributed by atoms with E-state index >= 15 is 0 Å². The summed E-state index contributed by atoms with van der Waals surface area (Å²) in [6.07, 6.45) is 4.72. The summed E-state index contributed by atoms with van der Waals surface area (Å²) in [6, 6.07) is 16.2. The molecule has 2 aromatic carbocycles. The van der Waals surface area contributed by atoms with E-state index in [1.165, 1.54) is 6.08 Å². The number of nitrogen functional groups attached to an aromatic ring is 1. The minimum Gasteiger partial charge on any atom is -0.397 e. The van der Waals surface area contributed by atoms with E-state index in [1.807, 2.05) is 30.3 Å². The van der Waals surface area contributed by atoms with Crippen molar-refractivity contribution in [1.29, 1.82) is 0 Å². The van der Waals surface area contributed by atoms with E-state index in [0.29, 0.717) is 29.9 Å². The summed E-state index contributed by atoms with van der Waals surface area (Å²) in [5, 5.41) is 5.56. The van der Waals surface area contributed by atoms with Crippen molar-refractivity contribution >= 4 is 23.2 Å². The van der Waals surface area contributed by atoms with Crippen molar-refractivity contribution in [2.75, 3.05) is 17.6 Å². The topological polar surface area (TPSA) is 84.2 Å². The van der Waals surface area contributed by atoms with Crippen molar-refractivity contribution in [3.63, 3.8) is 0 Å². The first-order chi connectivity index (χ1) is 11.7. The molecule has 0 saturated heterocycles. The first-order valence-corrected chi connectivity index (χ1v) is 7.82. The van der Waals surface area contributed by atoms with Gasteiger partial charge in [0.15, 0.2) is 0 Å². The maximum Gasteiger partial charge on any atom is 0.251 e. The summed E-state index contributed by atoms with van der Waals surface area (Å²) in [5.74, 6) is -0.307. The molecular formula is C19H21N3O2. The summed E-state index contributed by atoms with van der Waals surface area (Å²) < 4.78 is 0. The molecule has 0 aromatic heterocycles. The zero-order valence-corrected chi connectivity index (χ0v) is 13.4. The molecule has 0 unspecified atom stereocenters. The molecule has 0 aliphatic rings. The van der Waals surface area contributed by atoms with Crippen molar-refractivity contribution in [2.45, 2.75) is 12.8 Å². The number of hydrogen-bond acceptors (Lipinski definition) is 3. The highest BCUT2D eigenvalue weighted by Gasteiger charge is 2.02. The number of nitrogens with two attached hydrogens (primary N) is 1. The molecule has 5 heteroatoms. The quantitative estimate of drug-likeness (QED) is 0.416. The third kappa shape index (κ3) is 5.61. The predicted molar refractivity (Wildman–Crippen MR) is 96.6 cm³/mol. The van der Waals surface area contributed by atoms with E-state index < -0.39 is 0 Å². The Hall–Kier alpha value is -3.08. The molecular weight excluding hydrogens is 302 g/mol. The maximum absolute atomic E-state index is 11.8. The zero-order chi connectivity index (χ0) is 17.2. The molecule has 0 heterocycles. The van der Waals surface area contributed by atoms with Crippen molar-refractivity contribution in [3.8, 4) is 0 Å². The Morgan fingerprint density at radius 3 is 2.46 bits per heavy atom. The summed E-state index contributed by atoms with van der Waals surface area (Å²) in [6.45, 7) is 0.561. The van der Waals surface area contributed by atoms with Crippen molar-refractivity contribution in [3.05, 3.63) is 72.3 Å². The van der Waals surface area contributed by atoms with Crippen molar-refractivity contribution in [2.24, 2.45) is 0 Å². The molecule has 0 radical (unpaired) electrons. The highest BCUT2D eigenvalue weighted by atomic mass is 16.2. The minimum absolute atomic E-state index is 0.0862. The average Bonchev–Trinajstić information content (AvgIpc) is 2.60. The minimum atomic E-state index is -0.221. The Bertz CT molecular complexity index is 712. The van der Waals surface area contributed by atoms with Crippen molar-refractivity contribution < 1.29 is 9.59 Å². The van der Waals surface area contributed by atoms with Gasteiger partial charge in [0, 0.05) is 12.1 Å². The molecule has 24 heavy (non-hydrogen) atoms. The molecule has 0 aliphatic heterocycles. The van der Waals surface area contributed by atoms with Crippen LogP contribution in [-0.2, 0) is 4.79 Å². The molecule has 2 amide bonds. The number of carbonyl (C=O) groups is 2. The highest BCUT2D eigenvalue weighted by Crippen LogP contribution is 2.16. The van der Waals surface area contributed by atoms with Gasteiger partial charge in [0.2, 0.25) is 5.91 Å². The molecule has 0 aliphatic carbocycles. The molecule has 0 saturated carbocycles. The van der Waals surface area contributed by atoms with Crippen LogP contribution in [0.1, 0.15) is 23.2 Å². The van der Waals surface area contributed by atoms with Gasteiger partial charge in [-0.3, -0.25) is 9.59 Å². The van der Waals surface area contributed by atoms with Crippen LogP contribution < -0.4 is 16.4 Å². The van der Waals surface area contributed by atoms with Gasteiger partial charge in [-0.15, -0.1) is 0 Å². The van der Waals surface area contributed by atoms with Crippen LogP contribution >= 0.6 is 0 Å². The molecule has 0 spiro atoms. The fraction of sp³-hybridized carbons (Fsp3) is 0.158. The van der Waals surface area contributed by atoms with Gasteiger partial charge in [0.25, 0.3) is 5.91 Å². The number of unbranched alkanes of at least 4 members (excludes halogenated alkanes) is 1. The summed E-state index contributed by atoms with van der Waals surface area (Å²) in [4.78, 5) is 23.6. The number of hydrogen-bond donors (Lipinski definition) is 3. The van der Waals surface area contributed by atoms with Gasteiger partial charge in [-0.2, -0.15) is 0 Å². The first-order valence-electron chi connectivity index (χ1n) is 7.82. The van der Waals surface area contributed by atoms with Gasteiger partial charge in [-0.25, -0.2) is 0 Å². The average molecular weight is 323 g/mol. The Labute approximate surface area is 141 Å². The summed E-state index contributed by atoms with van der Waals surface area (Å²) in [7, 11) is 0. The molecule has 124 valence electrons. The number of para-hydroxylation sites is 2. The van der Waals surface area contributed by atoms with Crippen LogP contribution in [-0.4, -0.2) is 18.4 Å². The van der Waals surface area contributed by atoms with Crippen LogP contribution in [0.3, 0.4) is 0 Å². The monoisotopic (exact) mass is 323 g/mol. The van der Waals surface area contributed by atoms with E-state index in [1.54, 1.807) is 30.3 Å². The number of benzene rings is 2. The Morgan fingerprint density at radius 2 is 1.71 bits per heavy atom. The second-order valence-corrected chi connectivity index (χ2v) is 5.24. The first kappa shape index (κ1) is 17.3. The predicted octanol–water partition coefficient (Wildman–Crippen LogP) is 2.97. The van der Waals surface area contributed by atoms with E-state index in [0.717, 1.165) is 6.42 Å². The number of amides is 2. The van der Waals surface area contributed by atoms with Gasteiger partial charge < -0.3 is 16.4 Å². The standard InChI is InChI=1S/C19H21N3O2/c20-16-11-6-7-12-17(16)22-18(23)13-5-2-8-14-21-19(24)15-9-3-1-4-10-15/h1,3-7,9-13H,2,8,14,20H2,(H,21,24)(H,22,23)/b13-5+. The molecule has 4 N–H and O–H groups in total. The lowest BCUT2D eigenvalue weighted by Crippen LogP contribution is -2.24. The lowest BCUT2D eigenvalue weighted by Gasteiger charge is -2.05. The SMILES string of the molecule is Nc1ccccc1NC(=O)/C=C/CCCNC(=O)c1ccccc1. The fourth-order valence-corrected chi connectivity index (χ4v) is 2.09. The Kier molecular flexibility index (Phi) is 6.58. The highest BCUT2D eigenvalue weighted by molar-refractivity contribution is 6.01. The van der Waals surface area contributed by atoms with Gasteiger partial charge in [-0.1, -0.05) is 36.4 Å². The smallest absolute Gasteiger partial charge is 0.251 e. The van der Waals surface area contributed by atoms with Crippen LogP contribution in [0, 0.1) is 0 Å². The normalized spacial score (nSPS) is 10.5. The van der Waals surface area contributed by atoms with Crippen LogP contribution in [0.15, 0.2) is 66.7 Å². The molecule has 2 aromatic rings. The Balaban J connectivity index is 1.65. The van der Waals surface area contributed by atoms with E-state index in [2.05, 4.69) is 10.6 Å². The van der Waals surface area contributed by atoms with Crippen molar-refractivity contribution in [1.82, 2.24) is 5.32 Å². The molecule has 5 nitrogen and oxygen atoms in total. The molecule has 2 rings (SSSR count). The van der Waals surface area contributed by atoms with Gasteiger partial charge in [-0.05, 0) is 43.2 Å². The number of carbonyl (C=O) groups excluding carboxylic acids is 2.